The van der Waals surface area contributed by atoms with Crippen molar-refractivity contribution in [2.45, 2.75) is 24.2 Å². The van der Waals surface area contributed by atoms with Crippen molar-refractivity contribution in [2.75, 3.05) is 5.75 Å². The second kappa shape index (κ2) is 3.95. The summed E-state index contributed by atoms with van der Waals surface area (Å²) in [7, 11) is 0. The second-order valence-corrected chi connectivity index (χ2v) is 5.03. The molecule has 1 aliphatic heterocycles. The molecule has 0 saturated heterocycles. The summed E-state index contributed by atoms with van der Waals surface area (Å²) in [6.45, 7) is 1.64. The summed E-state index contributed by atoms with van der Waals surface area (Å²) < 4.78 is 0. The van der Waals surface area contributed by atoms with Crippen molar-refractivity contribution in [1.82, 2.24) is 0 Å². The third kappa shape index (κ3) is 1.82. The van der Waals surface area contributed by atoms with Crippen molar-refractivity contribution in [3.63, 3.8) is 0 Å². The monoisotopic (exact) mass is 226 g/mol. The van der Waals surface area contributed by atoms with Crippen molar-refractivity contribution in [3.8, 4) is 0 Å². The summed E-state index contributed by atoms with van der Waals surface area (Å²) >= 11 is 7.92. The zero-order valence-corrected chi connectivity index (χ0v) is 9.49. The molecule has 14 heavy (non-hydrogen) atoms. The predicted octanol–water partition coefficient (Wildman–Crippen LogP) is 3.51. The van der Waals surface area contributed by atoms with E-state index in [1.165, 1.54) is 10.5 Å². The van der Waals surface area contributed by atoms with E-state index in [1.807, 2.05) is 12.1 Å². The van der Waals surface area contributed by atoms with Crippen LogP contribution in [0.1, 0.15) is 24.8 Å². The van der Waals surface area contributed by atoms with E-state index in [0.717, 1.165) is 10.8 Å². The van der Waals surface area contributed by atoms with E-state index in [-0.39, 0.29) is 5.78 Å². The Kier molecular flexibility index (Phi) is 2.84. The quantitative estimate of drug-likeness (QED) is 0.768. The lowest BCUT2D eigenvalue weighted by Crippen LogP contribution is -2.03. The van der Waals surface area contributed by atoms with E-state index in [9.17, 15) is 4.79 Å². The maximum absolute atomic E-state index is 11.1. The van der Waals surface area contributed by atoms with Crippen LogP contribution in [0.15, 0.2) is 23.1 Å². The lowest BCUT2D eigenvalue weighted by atomic mass is 9.96. The first-order valence-corrected chi connectivity index (χ1v) is 5.95. The number of thioether (sulfide) groups is 1. The minimum atomic E-state index is 0.239. The fourth-order valence-electron chi connectivity index (χ4n) is 1.82. The molecule has 3 heteroatoms. The molecule has 1 nitrogen and oxygen atoms in total. The molecule has 1 atom stereocenters. The summed E-state index contributed by atoms with van der Waals surface area (Å²) in [6, 6.07) is 5.94. The number of hydrogen-bond acceptors (Lipinski definition) is 2. The van der Waals surface area contributed by atoms with Gasteiger partial charge in [-0.3, -0.25) is 0 Å². The highest BCUT2D eigenvalue weighted by Gasteiger charge is 2.26. The van der Waals surface area contributed by atoms with Crippen molar-refractivity contribution in [2.24, 2.45) is 0 Å². The van der Waals surface area contributed by atoms with Crippen molar-refractivity contribution in [3.05, 3.63) is 28.8 Å². The summed E-state index contributed by atoms with van der Waals surface area (Å²) in [6.07, 6.45) is 0.615. The highest BCUT2D eigenvalue weighted by molar-refractivity contribution is 7.99. The number of carbonyl (C=O) groups excluding carboxylic acids is 1. The van der Waals surface area contributed by atoms with Gasteiger partial charge < -0.3 is 4.79 Å². The molecule has 0 spiro atoms. The van der Waals surface area contributed by atoms with Crippen LogP contribution in [0.25, 0.3) is 0 Å². The van der Waals surface area contributed by atoms with E-state index in [0.29, 0.717) is 12.3 Å². The fourth-order valence-corrected chi connectivity index (χ4v) is 3.48. The topological polar surface area (TPSA) is 17.1 Å². The minimum Gasteiger partial charge on any atom is -0.300 e. The van der Waals surface area contributed by atoms with Gasteiger partial charge in [0.25, 0.3) is 0 Å². The number of fused-ring (bicyclic) bond motifs is 1. The van der Waals surface area contributed by atoms with Crippen LogP contribution in [0.4, 0.5) is 0 Å². The number of benzene rings is 1. The summed E-state index contributed by atoms with van der Waals surface area (Å²) in [5.41, 5.74) is 1.18. The molecule has 0 fully saturated rings. The molecule has 0 bridgehead atoms. The molecule has 0 saturated carbocycles. The third-order valence-corrected chi connectivity index (χ3v) is 3.96. The van der Waals surface area contributed by atoms with Crippen LogP contribution < -0.4 is 0 Å². The van der Waals surface area contributed by atoms with E-state index in [4.69, 9.17) is 11.6 Å². The Morgan fingerprint density at radius 3 is 3.14 bits per heavy atom. The SMILES string of the molecule is CC(=O)CC1CSc2cccc(Cl)c21. The Bertz CT molecular complexity index is 376. The molecular formula is C11H11ClOS. The van der Waals surface area contributed by atoms with Crippen molar-refractivity contribution in [1.29, 1.82) is 0 Å². The van der Waals surface area contributed by atoms with E-state index < -0.39 is 0 Å². The van der Waals surface area contributed by atoms with Crippen LogP contribution in [0.2, 0.25) is 5.02 Å². The first-order chi connectivity index (χ1) is 6.68. The number of rotatable bonds is 2. The Balaban J connectivity index is 2.33. The Morgan fingerprint density at radius 2 is 2.43 bits per heavy atom. The van der Waals surface area contributed by atoms with Crippen LogP contribution in [0.3, 0.4) is 0 Å². The molecule has 0 aliphatic carbocycles. The van der Waals surface area contributed by atoms with Crippen LogP contribution in [-0.4, -0.2) is 11.5 Å². The first kappa shape index (κ1) is 10.1. The smallest absolute Gasteiger partial charge is 0.130 e. The lowest BCUT2D eigenvalue weighted by molar-refractivity contribution is -0.117. The average molecular weight is 227 g/mol. The molecule has 0 aromatic heterocycles. The summed E-state index contributed by atoms with van der Waals surface area (Å²) in [5, 5.41) is 0.804. The molecule has 74 valence electrons. The second-order valence-electron chi connectivity index (χ2n) is 3.57. The fraction of sp³-hybridized carbons (Fsp3) is 0.364. The molecular weight excluding hydrogens is 216 g/mol. The minimum absolute atomic E-state index is 0.239. The van der Waals surface area contributed by atoms with Crippen LogP contribution in [-0.2, 0) is 4.79 Å². The number of carbonyl (C=O) groups is 1. The zero-order valence-electron chi connectivity index (χ0n) is 7.92. The standard InChI is InChI=1S/C11H11ClOS/c1-7(13)5-8-6-14-10-4-2-3-9(12)11(8)10/h2-4,8H,5-6H2,1H3. The van der Waals surface area contributed by atoms with Gasteiger partial charge in [0, 0.05) is 28.0 Å². The van der Waals surface area contributed by atoms with Gasteiger partial charge in [-0.25, -0.2) is 0 Å². The zero-order chi connectivity index (χ0) is 10.1. The molecule has 0 amide bonds. The van der Waals surface area contributed by atoms with Gasteiger partial charge in [0.2, 0.25) is 0 Å². The highest BCUT2D eigenvalue weighted by Crippen LogP contribution is 2.44. The molecule has 1 heterocycles. The molecule has 0 N–H and O–H groups in total. The third-order valence-electron chi connectivity index (χ3n) is 2.40. The van der Waals surface area contributed by atoms with Crippen LogP contribution >= 0.6 is 23.4 Å². The summed E-state index contributed by atoms with van der Waals surface area (Å²) in [4.78, 5) is 12.3. The first-order valence-electron chi connectivity index (χ1n) is 4.59. The van der Waals surface area contributed by atoms with Gasteiger partial charge in [0.15, 0.2) is 0 Å². The molecule has 1 aromatic rings. The average Bonchev–Trinajstić information content (AvgIpc) is 2.49. The number of hydrogen-bond donors (Lipinski definition) is 0. The Morgan fingerprint density at radius 1 is 1.64 bits per heavy atom. The summed E-state index contributed by atoms with van der Waals surface area (Å²) in [5.74, 6) is 1.54. The van der Waals surface area contributed by atoms with Gasteiger partial charge in [-0.2, -0.15) is 0 Å². The maximum Gasteiger partial charge on any atom is 0.130 e. The van der Waals surface area contributed by atoms with Crippen LogP contribution in [0, 0.1) is 0 Å². The van der Waals surface area contributed by atoms with Gasteiger partial charge in [-0.15, -0.1) is 11.8 Å². The van der Waals surface area contributed by atoms with Crippen LogP contribution in [0.5, 0.6) is 0 Å². The van der Waals surface area contributed by atoms with Gasteiger partial charge in [-0.1, -0.05) is 17.7 Å². The van der Waals surface area contributed by atoms with E-state index in [1.54, 1.807) is 18.7 Å². The lowest BCUT2D eigenvalue weighted by Gasteiger charge is -2.09. The molecule has 2 rings (SSSR count). The van der Waals surface area contributed by atoms with Crippen molar-refractivity contribution >= 4 is 29.1 Å². The number of halogens is 1. The molecule has 1 aromatic carbocycles. The highest BCUT2D eigenvalue weighted by atomic mass is 35.5. The molecule has 1 aliphatic rings. The Labute approximate surface area is 92.8 Å². The normalized spacial score (nSPS) is 19.4. The number of ketones is 1. The molecule has 0 radical (unpaired) electrons. The van der Waals surface area contributed by atoms with E-state index >= 15 is 0 Å². The van der Waals surface area contributed by atoms with E-state index in [2.05, 4.69) is 6.07 Å². The maximum atomic E-state index is 11.1. The number of Topliss-reactive ketones (excluding diaryl/α,β-unsaturated/α-hetero) is 1. The molecule has 1 unspecified atom stereocenters. The largest absolute Gasteiger partial charge is 0.300 e. The van der Waals surface area contributed by atoms with Gasteiger partial charge in [0.05, 0.1) is 0 Å². The van der Waals surface area contributed by atoms with Gasteiger partial charge in [0.1, 0.15) is 5.78 Å². The van der Waals surface area contributed by atoms with Gasteiger partial charge in [-0.05, 0) is 24.6 Å². The predicted molar refractivity (Wildman–Crippen MR) is 60.2 cm³/mol. The van der Waals surface area contributed by atoms with Crippen molar-refractivity contribution < 1.29 is 4.79 Å². The van der Waals surface area contributed by atoms with Gasteiger partial charge >= 0.3 is 0 Å². The Hall–Kier alpha value is -0.470.